The van der Waals surface area contributed by atoms with Crippen LogP contribution in [0.15, 0.2) is 24.3 Å². The molecule has 0 saturated heterocycles. The molecule has 1 aromatic rings. The molecule has 1 aromatic carbocycles. The summed E-state index contributed by atoms with van der Waals surface area (Å²) in [6, 6.07) is 9.98. The van der Waals surface area contributed by atoms with E-state index in [1.807, 2.05) is 0 Å². The SMILES string of the molecule is CCCNC1C(C)C(c2ccc(CC)cc2)C1C. The third kappa shape index (κ3) is 2.47. The topological polar surface area (TPSA) is 12.0 Å². The van der Waals surface area contributed by atoms with E-state index in [0.29, 0.717) is 6.04 Å². The smallest absolute Gasteiger partial charge is 0.0130 e. The third-order valence-electron chi connectivity index (χ3n) is 4.67. The maximum Gasteiger partial charge on any atom is 0.0130 e. The Morgan fingerprint density at radius 3 is 2.11 bits per heavy atom. The number of nitrogens with one attached hydrogen (secondary N) is 1. The summed E-state index contributed by atoms with van der Waals surface area (Å²) >= 11 is 0. The molecule has 0 heterocycles. The number of hydrogen-bond donors (Lipinski definition) is 1. The Kier molecular flexibility index (Phi) is 4.45. The van der Waals surface area contributed by atoms with Gasteiger partial charge >= 0.3 is 0 Å². The van der Waals surface area contributed by atoms with E-state index in [4.69, 9.17) is 0 Å². The van der Waals surface area contributed by atoms with Gasteiger partial charge in [-0.05, 0) is 48.3 Å². The second-order valence-electron chi connectivity index (χ2n) is 5.82. The summed E-state index contributed by atoms with van der Waals surface area (Å²) in [5, 5.41) is 3.69. The largest absolute Gasteiger partial charge is 0.313 e. The molecule has 2 unspecified atom stereocenters. The summed E-state index contributed by atoms with van der Waals surface area (Å²) in [7, 11) is 0. The molecular formula is C17H27N. The Balaban J connectivity index is 2.01. The van der Waals surface area contributed by atoms with Crippen molar-refractivity contribution in [3.8, 4) is 0 Å². The summed E-state index contributed by atoms with van der Waals surface area (Å²) in [6.45, 7) is 10.4. The van der Waals surface area contributed by atoms with Crippen LogP contribution in [-0.4, -0.2) is 12.6 Å². The highest BCUT2D eigenvalue weighted by Gasteiger charge is 2.44. The zero-order valence-electron chi connectivity index (χ0n) is 12.2. The van der Waals surface area contributed by atoms with Crippen LogP contribution in [0.2, 0.25) is 0 Å². The van der Waals surface area contributed by atoms with Crippen LogP contribution in [0.3, 0.4) is 0 Å². The van der Waals surface area contributed by atoms with Gasteiger partial charge in [0.05, 0.1) is 0 Å². The van der Waals surface area contributed by atoms with Gasteiger partial charge < -0.3 is 5.32 Å². The van der Waals surface area contributed by atoms with Crippen LogP contribution in [0.1, 0.15) is 51.2 Å². The Labute approximate surface area is 112 Å². The number of aryl methyl sites for hydroxylation is 1. The standard InChI is InChI=1S/C17H27N/c1-5-11-18-17-12(3)16(13(17)4)15-9-7-14(6-2)8-10-15/h7-10,12-13,16-18H,5-6,11H2,1-4H3. The highest BCUT2D eigenvalue weighted by Crippen LogP contribution is 2.47. The Hall–Kier alpha value is -0.820. The number of hydrogen-bond acceptors (Lipinski definition) is 1. The van der Waals surface area contributed by atoms with Gasteiger partial charge in [0.2, 0.25) is 0 Å². The van der Waals surface area contributed by atoms with E-state index in [-0.39, 0.29) is 0 Å². The molecule has 18 heavy (non-hydrogen) atoms. The van der Waals surface area contributed by atoms with Crippen LogP contribution in [0.25, 0.3) is 0 Å². The van der Waals surface area contributed by atoms with Crippen molar-refractivity contribution in [2.45, 2.75) is 52.5 Å². The highest BCUT2D eigenvalue weighted by atomic mass is 15.0. The molecule has 0 bridgehead atoms. The summed E-state index contributed by atoms with van der Waals surface area (Å²) in [5.41, 5.74) is 2.97. The highest BCUT2D eigenvalue weighted by molar-refractivity contribution is 5.29. The first-order valence-electron chi connectivity index (χ1n) is 7.51. The molecule has 1 heteroatoms. The summed E-state index contributed by atoms with van der Waals surface area (Å²) in [5.74, 6) is 2.27. The minimum Gasteiger partial charge on any atom is -0.313 e. The van der Waals surface area contributed by atoms with Gasteiger partial charge in [-0.15, -0.1) is 0 Å². The second-order valence-corrected chi connectivity index (χ2v) is 5.82. The summed E-state index contributed by atoms with van der Waals surface area (Å²) in [4.78, 5) is 0. The van der Waals surface area contributed by atoms with Gasteiger partial charge in [0.25, 0.3) is 0 Å². The lowest BCUT2D eigenvalue weighted by Gasteiger charge is -2.50. The van der Waals surface area contributed by atoms with E-state index < -0.39 is 0 Å². The normalized spacial score (nSPS) is 31.1. The lowest BCUT2D eigenvalue weighted by Crippen LogP contribution is -2.55. The fourth-order valence-electron chi connectivity index (χ4n) is 3.52. The molecule has 1 saturated carbocycles. The van der Waals surface area contributed by atoms with Gasteiger partial charge in [0, 0.05) is 6.04 Å². The first-order chi connectivity index (χ1) is 8.69. The van der Waals surface area contributed by atoms with Crippen molar-refractivity contribution >= 4 is 0 Å². The van der Waals surface area contributed by atoms with Gasteiger partial charge in [-0.25, -0.2) is 0 Å². The number of rotatable bonds is 5. The zero-order valence-corrected chi connectivity index (χ0v) is 12.2. The van der Waals surface area contributed by atoms with Crippen LogP contribution < -0.4 is 5.32 Å². The molecule has 2 rings (SSSR count). The molecule has 1 aliphatic rings. The Morgan fingerprint density at radius 1 is 1.00 bits per heavy atom. The van der Waals surface area contributed by atoms with Crippen LogP contribution >= 0.6 is 0 Å². The molecule has 0 amide bonds. The maximum atomic E-state index is 3.69. The predicted molar refractivity (Wildman–Crippen MR) is 79.0 cm³/mol. The molecule has 1 aliphatic carbocycles. The fraction of sp³-hybridized carbons (Fsp3) is 0.647. The number of benzene rings is 1. The van der Waals surface area contributed by atoms with Gasteiger partial charge in [0.1, 0.15) is 0 Å². The third-order valence-corrected chi connectivity index (χ3v) is 4.67. The average Bonchev–Trinajstić information content (AvgIpc) is 2.40. The molecule has 1 fully saturated rings. The molecule has 0 aromatic heterocycles. The van der Waals surface area contributed by atoms with Crippen LogP contribution in [0, 0.1) is 11.8 Å². The molecule has 0 spiro atoms. The van der Waals surface area contributed by atoms with Gasteiger partial charge in [-0.3, -0.25) is 0 Å². The van der Waals surface area contributed by atoms with E-state index in [1.54, 1.807) is 0 Å². The van der Waals surface area contributed by atoms with Crippen LogP contribution in [0.5, 0.6) is 0 Å². The van der Waals surface area contributed by atoms with Crippen LogP contribution in [0.4, 0.5) is 0 Å². The quantitative estimate of drug-likeness (QED) is 0.827. The second kappa shape index (κ2) is 5.88. The molecular weight excluding hydrogens is 218 g/mol. The molecule has 2 atom stereocenters. The van der Waals surface area contributed by atoms with Crippen molar-refractivity contribution in [3.05, 3.63) is 35.4 Å². The summed E-state index contributed by atoms with van der Waals surface area (Å²) in [6.07, 6.45) is 2.36. The lowest BCUT2D eigenvalue weighted by molar-refractivity contribution is 0.0968. The fourth-order valence-corrected chi connectivity index (χ4v) is 3.52. The van der Waals surface area contributed by atoms with Crippen molar-refractivity contribution in [1.29, 1.82) is 0 Å². The summed E-state index contributed by atoms with van der Waals surface area (Å²) < 4.78 is 0. The van der Waals surface area contributed by atoms with Gasteiger partial charge in [0.15, 0.2) is 0 Å². The van der Waals surface area contributed by atoms with Crippen molar-refractivity contribution in [2.75, 3.05) is 6.54 Å². The van der Waals surface area contributed by atoms with Crippen molar-refractivity contribution in [1.82, 2.24) is 5.32 Å². The van der Waals surface area contributed by atoms with E-state index in [1.165, 1.54) is 17.5 Å². The molecule has 1 nitrogen and oxygen atoms in total. The Bertz CT molecular complexity index is 358. The van der Waals surface area contributed by atoms with Crippen molar-refractivity contribution in [2.24, 2.45) is 11.8 Å². The Morgan fingerprint density at radius 2 is 1.61 bits per heavy atom. The van der Waals surface area contributed by atoms with Gasteiger partial charge in [-0.2, -0.15) is 0 Å². The maximum absolute atomic E-state index is 3.69. The molecule has 1 N–H and O–H groups in total. The molecule has 0 aliphatic heterocycles. The van der Waals surface area contributed by atoms with E-state index in [9.17, 15) is 0 Å². The van der Waals surface area contributed by atoms with Crippen molar-refractivity contribution < 1.29 is 0 Å². The monoisotopic (exact) mass is 245 g/mol. The van der Waals surface area contributed by atoms with Crippen LogP contribution in [-0.2, 0) is 6.42 Å². The molecule has 0 radical (unpaired) electrons. The average molecular weight is 245 g/mol. The van der Waals surface area contributed by atoms with Gasteiger partial charge in [-0.1, -0.05) is 52.0 Å². The van der Waals surface area contributed by atoms with E-state index >= 15 is 0 Å². The van der Waals surface area contributed by atoms with E-state index in [2.05, 4.69) is 57.3 Å². The van der Waals surface area contributed by atoms with Crippen molar-refractivity contribution in [3.63, 3.8) is 0 Å². The lowest BCUT2D eigenvalue weighted by atomic mass is 9.59. The first kappa shape index (κ1) is 13.6. The first-order valence-corrected chi connectivity index (χ1v) is 7.51. The van der Waals surface area contributed by atoms with E-state index in [0.717, 1.165) is 30.7 Å². The zero-order chi connectivity index (χ0) is 13.1. The minimum absolute atomic E-state index is 0.709. The minimum atomic E-state index is 0.709. The molecule has 100 valence electrons. The predicted octanol–water partition coefficient (Wildman–Crippen LogP) is 3.99.